The quantitative estimate of drug-likeness (QED) is 0.178. The minimum atomic E-state index is -1.23. The average molecular weight is 466 g/mol. The molecule has 2 aliphatic heterocycles. The van der Waals surface area contributed by atoms with Crippen LogP contribution in [0.25, 0.3) is 0 Å². The molecule has 5 N–H and O–H groups in total. The number of ether oxygens (including phenoxy) is 3. The zero-order valence-electron chi connectivity index (χ0n) is 19.6. The molecule has 9 nitrogen and oxygen atoms in total. The maximum absolute atomic E-state index is 11.6. The van der Waals surface area contributed by atoms with Gasteiger partial charge in [-0.15, -0.1) is 0 Å². The van der Waals surface area contributed by atoms with Crippen LogP contribution in [0.15, 0.2) is 53.5 Å². The lowest BCUT2D eigenvalue weighted by atomic mass is 9.83. The van der Waals surface area contributed by atoms with E-state index in [0.717, 1.165) is 5.56 Å². The molecule has 3 atom stereocenters. The fraction of sp³-hybridized carbons (Fsp3) is 0.440. The fourth-order valence-corrected chi connectivity index (χ4v) is 4.14. The summed E-state index contributed by atoms with van der Waals surface area (Å²) < 4.78 is 18.3. The summed E-state index contributed by atoms with van der Waals surface area (Å²) in [5, 5.41) is 26.6. The van der Waals surface area contributed by atoms with Gasteiger partial charge in [-0.2, -0.15) is 5.26 Å². The Balaban J connectivity index is 1.65. The van der Waals surface area contributed by atoms with Crippen LogP contribution in [-0.4, -0.2) is 42.3 Å². The van der Waals surface area contributed by atoms with Gasteiger partial charge in [0.1, 0.15) is 11.9 Å². The van der Waals surface area contributed by atoms with Crippen LogP contribution in [0.5, 0.6) is 5.75 Å². The van der Waals surface area contributed by atoms with E-state index in [2.05, 4.69) is 29.5 Å². The first-order valence-corrected chi connectivity index (χ1v) is 11.2. The molecule has 2 aromatic carbocycles. The Morgan fingerprint density at radius 1 is 1.18 bits per heavy atom. The number of nitrogen functional groups attached to an aromatic ring is 1. The van der Waals surface area contributed by atoms with Crippen LogP contribution < -0.4 is 21.1 Å². The molecule has 0 amide bonds. The number of hydrogen-bond donors (Lipinski definition) is 4. The first kappa shape index (κ1) is 23.8. The SMILES string of the molecule is CC1(C)COC([C@@]2(C)Oc3ccc(N)cc3[C@@H](NC(=NCc3ccccc3)NC#N)[C@@H]2O)OC1. The number of rotatable bonds is 4. The normalized spacial score (nSPS) is 26.6. The maximum atomic E-state index is 11.6. The summed E-state index contributed by atoms with van der Waals surface area (Å²) in [5.41, 5.74) is 6.83. The number of aliphatic hydroxyl groups is 1. The van der Waals surface area contributed by atoms with Crippen LogP contribution in [0.2, 0.25) is 0 Å². The predicted molar refractivity (Wildman–Crippen MR) is 128 cm³/mol. The number of nitrogens with two attached hydrogens (primary N) is 1. The second-order valence-electron chi connectivity index (χ2n) is 9.66. The molecule has 34 heavy (non-hydrogen) atoms. The summed E-state index contributed by atoms with van der Waals surface area (Å²) in [6.45, 7) is 7.14. The van der Waals surface area contributed by atoms with Gasteiger partial charge in [0.15, 0.2) is 18.1 Å². The summed E-state index contributed by atoms with van der Waals surface area (Å²) in [4.78, 5) is 4.51. The molecule has 0 spiro atoms. The van der Waals surface area contributed by atoms with Gasteiger partial charge < -0.3 is 30.4 Å². The Morgan fingerprint density at radius 3 is 2.56 bits per heavy atom. The molecule has 2 aromatic rings. The van der Waals surface area contributed by atoms with Crippen LogP contribution in [-0.2, 0) is 16.0 Å². The lowest BCUT2D eigenvalue weighted by Gasteiger charge is -2.49. The number of fused-ring (bicyclic) bond motifs is 1. The van der Waals surface area contributed by atoms with Crippen molar-refractivity contribution < 1.29 is 19.3 Å². The van der Waals surface area contributed by atoms with Gasteiger partial charge in [0.05, 0.1) is 25.8 Å². The molecule has 1 fully saturated rings. The number of guanidine groups is 1. The van der Waals surface area contributed by atoms with Gasteiger partial charge in [0.2, 0.25) is 5.96 Å². The molecule has 180 valence electrons. The largest absolute Gasteiger partial charge is 0.479 e. The number of nitrogens with one attached hydrogen (secondary N) is 2. The zero-order valence-corrected chi connectivity index (χ0v) is 19.6. The van der Waals surface area contributed by atoms with Crippen molar-refractivity contribution in [2.24, 2.45) is 10.4 Å². The Labute approximate surface area is 199 Å². The van der Waals surface area contributed by atoms with E-state index < -0.39 is 24.0 Å². The highest BCUT2D eigenvalue weighted by Gasteiger charge is 2.54. The third-order valence-corrected chi connectivity index (χ3v) is 6.05. The smallest absolute Gasteiger partial charge is 0.205 e. The molecule has 0 aliphatic carbocycles. The molecule has 0 saturated carbocycles. The minimum absolute atomic E-state index is 0.134. The van der Waals surface area contributed by atoms with E-state index >= 15 is 0 Å². The topological polar surface area (TPSA) is 134 Å². The number of anilines is 1. The number of aliphatic hydroxyl groups excluding tert-OH is 1. The summed E-state index contributed by atoms with van der Waals surface area (Å²) in [6.07, 6.45) is -0.00109. The van der Waals surface area contributed by atoms with Crippen LogP contribution in [0.4, 0.5) is 5.69 Å². The molecule has 0 aromatic heterocycles. The number of nitriles is 1. The average Bonchev–Trinajstić information content (AvgIpc) is 2.81. The van der Waals surface area contributed by atoms with Crippen molar-refractivity contribution in [3.63, 3.8) is 0 Å². The fourth-order valence-electron chi connectivity index (χ4n) is 4.14. The number of benzene rings is 2. The highest BCUT2D eigenvalue weighted by Crippen LogP contribution is 2.44. The van der Waals surface area contributed by atoms with Gasteiger partial charge in [0, 0.05) is 16.7 Å². The van der Waals surface area contributed by atoms with Crippen molar-refractivity contribution >= 4 is 11.6 Å². The zero-order chi connectivity index (χ0) is 24.3. The van der Waals surface area contributed by atoms with E-state index in [0.29, 0.717) is 36.8 Å². The number of nitrogens with zero attached hydrogens (tertiary/aromatic N) is 2. The van der Waals surface area contributed by atoms with Gasteiger partial charge in [-0.3, -0.25) is 5.32 Å². The van der Waals surface area contributed by atoms with E-state index in [1.165, 1.54) is 0 Å². The molecule has 0 bridgehead atoms. The highest BCUT2D eigenvalue weighted by molar-refractivity contribution is 5.82. The summed E-state index contributed by atoms with van der Waals surface area (Å²) >= 11 is 0. The van der Waals surface area contributed by atoms with Crippen LogP contribution in [0.3, 0.4) is 0 Å². The van der Waals surface area contributed by atoms with Crippen molar-refractivity contribution in [3.8, 4) is 11.9 Å². The lowest BCUT2D eigenvalue weighted by molar-refractivity contribution is -0.300. The standard InChI is InChI=1S/C25H31N5O4/c1-24(2)13-32-22(33-14-24)25(3)21(31)20(18-11-17(27)9-10-19(18)34-25)30-23(29-15-26)28-12-16-7-5-4-6-8-16/h4-11,20-22,31H,12-14,27H2,1-3H3,(H2,28,29,30)/t20-,21+,25+/m1/s1. The summed E-state index contributed by atoms with van der Waals surface area (Å²) in [6, 6.07) is 14.2. The Bertz CT molecular complexity index is 1070. The molecule has 0 unspecified atom stereocenters. The summed E-state index contributed by atoms with van der Waals surface area (Å²) in [5.74, 6) is 0.760. The second-order valence-corrected chi connectivity index (χ2v) is 9.66. The summed E-state index contributed by atoms with van der Waals surface area (Å²) in [7, 11) is 0. The first-order valence-electron chi connectivity index (χ1n) is 11.2. The third-order valence-electron chi connectivity index (χ3n) is 6.05. The molecular formula is C25H31N5O4. The van der Waals surface area contributed by atoms with Gasteiger partial charge in [-0.25, -0.2) is 4.99 Å². The number of hydrogen-bond acceptors (Lipinski definition) is 7. The van der Waals surface area contributed by atoms with Crippen LogP contribution >= 0.6 is 0 Å². The van der Waals surface area contributed by atoms with E-state index in [-0.39, 0.29) is 11.4 Å². The molecule has 4 rings (SSSR count). The molecule has 9 heteroatoms. The third kappa shape index (κ3) is 4.94. The van der Waals surface area contributed by atoms with Crippen LogP contribution in [0.1, 0.15) is 37.9 Å². The van der Waals surface area contributed by atoms with E-state index in [1.54, 1.807) is 25.1 Å². The van der Waals surface area contributed by atoms with Crippen molar-refractivity contribution in [2.75, 3.05) is 18.9 Å². The molecule has 2 heterocycles. The highest BCUT2D eigenvalue weighted by atomic mass is 16.7. The van der Waals surface area contributed by atoms with E-state index in [4.69, 9.17) is 19.9 Å². The first-order chi connectivity index (χ1) is 16.2. The van der Waals surface area contributed by atoms with Crippen molar-refractivity contribution in [1.82, 2.24) is 10.6 Å². The van der Waals surface area contributed by atoms with Crippen molar-refractivity contribution in [1.29, 1.82) is 5.26 Å². The van der Waals surface area contributed by atoms with E-state index in [9.17, 15) is 10.4 Å². The van der Waals surface area contributed by atoms with E-state index in [1.807, 2.05) is 36.5 Å². The lowest BCUT2D eigenvalue weighted by Crippen LogP contribution is -2.64. The Kier molecular flexibility index (Phi) is 6.66. The second kappa shape index (κ2) is 9.50. The minimum Gasteiger partial charge on any atom is -0.479 e. The predicted octanol–water partition coefficient (Wildman–Crippen LogP) is 2.44. The Hall–Kier alpha value is -3.32. The van der Waals surface area contributed by atoms with Gasteiger partial charge in [-0.05, 0) is 30.7 Å². The van der Waals surface area contributed by atoms with Crippen LogP contribution in [0, 0.1) is 16.9 Å². The van der Waals surface area contributed by atoms with Crippen molar-refractivity contribution in [3.05, 3.63) is 59.7 Å². The molecule has 1 saturated heterocycles. The van der Waals surface area contributed by atoms with Gasteiger partial charge in [0.25, 0.3) is 0 Å². The Morgan fingerprint density at radius 2 is 1.88 bits per heavy atom. The molecular weight excluding hydrogens is 434 g/mol. The van der Waals surface area contributed by atoms with Crippen molar-refractivity contribution in [2.45, 2.75) is 51.4 Å². The monoisotopic (exact) mass is 465 g/mol. The van der Waals surface area contributed by atoms with Gasteiger partial charge in [-0.1, -0.05) is 44.2 Å². The van der Waals surface area contributed by atoms with Gasteiger partial charge >= 0.3 is 0 Å². The maximum Gasteiger partial charge on any atom is 0.205 e. The molecule has 0 radical (unpaired) electrons. The number of aliphatic imine (C=N–C) groups is 1. The molecule has 2 aliphatic rings.